The first kappa shape index (κ1) is 14.8. The van der Waals surface area contributed by atoms with Gasteiger partial charge in [-0.1, -0.05) is 36.4 Å². The van der Waals surface area contributed by atoms with Crippen molar-refractivity contribution in [1.82, 2.24) is 15.2 Å². The Morgan fingerprint density at radius 3 is 1.96 bits per heavy atom. The first-order valence-electron chi connectivity index (χ1n) is 7.37. The van der Waals surface area contributed by atoms with Crippen LogP contribution in [0.15, 0.2) is 66.7 Å². The Hall–Kier alpha value is -3.08. The number of para-hydroxylation sites is 2. The van der Waals surface area contributed by atoms with E-state index in [2.05, 4.69) is 10.5 Å². The van der Waals surface area contributed by atoms with Crippen LogP contribution in [0.3, 0.4) is 0 Å². The lowest BCUT2D eigenvalue weighted by Crippen LogP contribution is -2.39. The van der Waals surface area contributed by atoms with Crippen molar-refractivity contribution < 1.29 is 4.79 Å². The minimum Gasteiger partial charge on any atom is -0.266 e. The number of carbonyl (C=O) groups is 1. The summed E-state index contributed by atoms with van der Waals surface area (Å²) < 4.78 is 1.58. The van der Waals surface area contributed by atoms with Crippen molar-refractivity contribution in [2.45, 2.75) is 6.92 Å². The van der Waals surface area contributed by atoms with E-state index in [0.717, 1.165) is 17.1 Å². The molecule has 0 saturated heterocycles. The van der Waals surface area contributed by atoms with Gasteiger partial charge in [-0.2, -0.15) is 5.10 Å². The van der Waals surface area contributed by atoms with Crippen molar-refractivity contribution in [2.24, 2.45) is 7.05 Å². The molecule has 5 heteroatoms. The first-order valence-corrected chi connectivity index (χ1v) is 7.37. The highest BCUT2D eigenvalue weighted by atomic mass is 16.2. The third-order valence-corrected chi connectivity index (χ3v) is 3.48. The van der Waals surface area contributed by atoms with Crippen LogP contribution in [0, 0.1) is 6.92 Å². The molecule has 1 aromatic heterocycles. The molecule has 3 rings (SSSR count). The van der Waals surface area contributed by atoms with Gasteiger partial charge < -0.3 is 0 Å². The van der Waals surface area contributed by atoms with Crippen molar-refractivity contribution in [3.05, 3.63) is 78.1 Å². The highest BCUT2D eigenvalue weighted by molar-refractivity contribution is 5.94. The lowest BCUT2D eigenvalue weighted by Gasteiger charge is -2.25. The average Bonchev–Trinajstić information content (AvgIpc) is 2.92. The van der Waals surface area contributed by atoms with E-state index >= 15 is 0 Å². The summed E-state index contributed by atoms with van der Waals surface area (Å²) in [5.74, 6) is -0.208. The molecule has 23 heavy (non-hydrogen) atoms. The van der Waals surface area contributed by atoms with Crippen LogP contribution < -0.4 is 10.4 Å². The standard InChI is InChI=1S/C18H18N4O/c1-14-13-17(21(2)19-14)18(23)20-22(15-9-5-3-6-10-15)16-11-7-4-8-12-16/h3-13H,1-2H3,(H,20,23). The van der Waals surface area contributed by atoms with Gasteiger partial charge >= 0.3 is 0 Å². The van der Waals surface area contributed by atoms with Gasteiger partial charge in [0.15, 0.2) is 0 Å². The molecule has 0 aliphatic rings. The second-order valence-electron chi connectivity index (χ2n) is 5.24. The highest BCUT2D eigenvalue weighted by Crippen LogP contribution is 2.22. The zero-order chi connectivity index (χ0) is 16.2. The van der Waals surface area contributed by atoms with E-state index in [-0.39, 0.29) is 5.91 Å². The topological polar surface area (TPSA) is 50.2 Å². The van der Waals surface area contributed by atoms with Crippen LogP contribution in [0.5, 0.6) is 0 Å². The number of hydrogen-bond donors (Lipinski definition) is 1. The first-order chi connectivity index (χ1) is 11.1. The number of amides is 1. The molecular weight excluding hydrogens is 288 g/mol. The Morgan fingerprint density at radius 1 is 1.00 bits per heavy atom. The number of nitrogens with zero attached hydrogens (tertiary/aromatic N) is 3. The van der Waals surface area contributed by atoms with Gasteiger partial charge in [-0.25, -0.2) is 0 Å². The van der Waals surface area contributed by atoms with Gasteiger partial charge in [0.1, 0.15) is 5.69 Å². The second-order valence-corrected chi connectivity index (χ2v) is 5.24. The molecule has 116 valence electrons. The van der Waals surface area contributed by atoms with E-state index in [9.17, 15) is 4.79 Å². The second kappa shape index (κ2) is 6.36. The number of benzene rings is 2. The molecule has 0 spiro atoms. The maximum Gasteiger partial charge on any atom is 0.288 e. The molecule has 1 heterocycles. The van der Waals surface area contributed by atoms with Crippen molar-refractivity contribution in [3.8, 4) is 0 Å². The molecule has 0 aliphatic heterocycles. The fourth-order valence-electron chi connectivity index (χ4n) is 2.41. The Bertz CT molecular complexity index is 757. The summed E-state index contributed by atoms with van der Waals surface area (Å²) in [4.78, 5) is 12.6. The van der Waals surface area contributed by atoms with E-state index in [1.54, 1.807) is 22.8 Å². The van der Waals surface area contributed by atoms with Gasteiger partial charge in [0.05, 0.1) is 17.1 Å². The molecular formula is C18H18N4O. The SMILES string of the molecule is Cc1cc(C(=O)NN(c2ccccc2)c2ccccc2)n(C)n1. The molecule has 0 fully saturated rings. The summed E-state index contributed by atoms with van der Waals surface area (Å²) in [5, 5.41) is 5.99. The zero-order valence-electron chi connectivity index (χ0n) is 13.1. The average molecular weight is 306 g/mol. The number of hydrazine groups is 1. The van der Waals surface area contributed by atoms with Crippen molar-refractivity contribution >= 4 is 17.3 Å². The molecule has 1 N–H and O–H groups in total. The van der Waals surface area contributed by atoms with Gasteiger partial charge in [0.2, 0.25) is 0 Å². The Balaban J connectivity index is 1.93. The zero-order valence-corrected chi connectivity index (χ0v) is 13.1. The minimum atomic E-state index is -0.208. The smallest absolute Gasteiger partial charge is 0.266 e. The Labute approximate surface area is 135 Å². The molecule has 0 aliphatic carbocycles. The van der Waals surface area contributed by atoms with Gasteiger partial charge in [-0.05, 0) is 37.3 Å². The Morgan fingerprint density at radius 2 is 1.52 bits per heavy atom. The van der Waals surface area contributed by atoms with Crippen LogP contribution in [0.1, 0.15) is 16.2 Å². The van der Waals surface area contributed by atoms with Gasteiger partial charge in [-0.3, -0.25) is 19.9 Å². The minimum absolute atomic E-state index is 0.208. The lowest BCUT2D eigenvalue weighted by atomic mass is 10.2. The third kappa shape index (κ3) is 3.23. The summed E-state index contributed by atoms with van der Waals surface area (Å²) in [6, 6.07) is 21.2. The fraction of sp³-hybridized carbons (Fsp3) is 0.111. The number of anilines is 2. The van der Waals surface area contributed by atoms with Crippen molar-refractivity contribution in [3.63, 3.8) is 0 Å². The number of aromatic nitrogens is 2. The maximum atomic E-state index is 12.6. The van der Waals surface area contributed by atoms with Crippen LogP contribution in [0.4, 0.5) is 11.4 Å². The maximum absolute atomic E-state index is 12.6. The molecule has 2 aromatic carbocycles. The fourth-order valence-corrected chi connectivity index (χ4v) is 2.41. The monoisotopic (exact) mass is 306 g/mol. The molecule has 0 unspecified atom stereocenters. The molecule has 5 nitrogen and oxygen atoms in total. The van der Waals surface area contributed by atoms with Crippen LogP contribution in [-0.4, -0.2) is 15.7 Å². The summed E-state index contributed by atoms with van der Waals surface area (Å²) in [6.07, 6.45) is 0. The normalized spacial score (nSPS) is 10.3. The van der Waals surface area contributed by atoms with Gasteiger partial charge in [0.25, 0.3) is 5.91 Å². The van der Waals surface area contributed by atoms with E-state index < -0.39 is 0 Å². The van der Waals surface area contributed by atoms with Crippen LogP contribution >= 0.6 is 0 Å². The summed E-state index contributed by atoms with van der Waals surface area (Å²) in [6.45, 7) is 1.86. The van der Waals surface area contributed by atoms with Gasteiger partial charge in [-0.15, -0.1) is 0 Å². The lowest BCUT2D eigenvalue weighted by molar-refractivity contribution is 0.0944. The van der Waals surface area contributed by atoms with Crippen LogP contribution in [0.25, 0.3) is 0 Å². The number of rotatable bonds is 4. The van der Waals surface area contributed by atoms with Crippen molar-refractivity contribution in [1.29, 1.82) is 0 Å². The third-order valence-electron chi connectivity index (χ3n) is 3.48. The summed E-state index contributed by atoms with van der Waals surface area (Å²) in [5.41, 5.74) is 6.04. The van der Waals surface area contributed by atoms with E-state index in [4.69, 9.17) is 0 Å². The molecule has 0 bridgehead atoms. The number of hydrogen-bond acceptors (Lipinski definition) is 3. The van der Waals surface area contributed by atoms with Crippen LogP contribution in [-0.2, 0) is 7.05 Å². The molecule has 0 atom stereocenters. The summed E-state index contributed by atoms with van der Waals surface area (Å²) in [7, 11) is 1.76. The quantitative estimate of drug-likeness (QED) is 0.753. The van der Waals surface area contributed by atoms with Crippen molar-refractivity contribution in [2.75, 3.05) is 5.01 Å². The highest BCUT2D eigenvalue weighted by Gasteiger charge is 2.17. The molecule has 1 amide bonds. The van der Waals surface area contributed by atoms with E-state index in [1.165, 1.54) is 0 Å². The predicted octanol–water partition coefficient (Wildman–Crippen LogP) is 3.21. The number of nitrogens with one attached hydrogen (secondary N) is 1. The number of carbonyl (C=O) groups excluding carboxylic acids is 1. The molecule has 0 radical (unpaired) electrons. The van der Waals surface area contributed by atoms with Crippen LogP contribution in [0.2, 0.25) is 0 Å². The van der Waals surface area contributed by atoms with E-state index in [1.807, 2.05) is 67.6 Å². The Kier molecular flexibility index (Phi) is 4.10. The largest absolute Gasteiger partial charge is 0.288 e. The van der Waals surface area contributed by atoms with Gasteiger partial charge in [0, 0.05) is 7.05 Å². The number of aryl methyl sites for hydroxylation is 2. The molecule has 0 saturated carbocycles. The summed E-state index contributed by atoms with van der Waals surface area (Å²) >= 11 is 0. The predicted molar refractivity (Wildman–Crippen MR) is 90.4 cm³/mol. The van der Waals surface area contributed by atoms with E-state index in [0.29, 0.717) is 5.69 Å². The molecule has 3 aromatic rings.